The van der Waals surface area contributed by atoms with Gasteiger partial charge in [0.1, 0.15) is 8.07 Å². The van der Waals surface area contributed by atoms with Crippen LogP contribution in [-0.4, -0.2) is 28.7 Å². The Kier molecular flexibility index (Phi) is 7.24. The number of hydrogen-bond acceptors (Lipinski definition) is 2. The first-order chi connectivity index (χ1) is 13.2. The van der Waals surface area contributed by atoms with Crippen LogP contribution in [0.2, 0.25) is 30.8 Å². The number of hydrogen-bond donors (Lipinski definition) is 0. The van der Waals surface area contributed by atoms with Crippen LogP contribution in [0.25, 0.3) is 0 Å². The van der Waals surface area contributed by atoms with Gasteiger partial charge in [-0.3, -0.25) is 4.79 Å². The van der Waals surface area contributed by atoms with Crippen LogP contribution in [0.4, 0.5) is 0 Å². The van der Waals surface area contributed by atoms with Crippen molar-refractivity contribution in [3.63, 3.8) is 0 Å². The summed E-state index contributed by atoms with van der Waals surface area (Å²) >= 11 is 0. The van der Waals surface area contributed by atoms with E-state index in [-0.39, 0.29) is 10.6 Å². The maximum absolute atomic E-state index is 12.9. The van der Waals surface area contributed by atoms with Crippen LogP contribution in [0, 0.1) is 0 Å². The fraction of sp³-hybridized carbons (Fsp3) is 0.375. The molecule has 0 amide bonds. The first-order valence-electron chi connectivity index (χ1n) is 10.1. The maximum Gasteiger partial charge on any atom is 0.306 e. The van der Waals surface area contributed by atoms with Crippen molar-refractivity contribution >= 4 is 32.5 Å². The Morgan fingerprint density at radius 1 is 0.929 bits per heavy atom. The van der Waals surface area contributed by atoms with E-state index in [0.717, 1.165) is 0 Å². The zero-order valence-corrected chi connectivity index (χ0v) is 20.2. The van der Waals surface area contributed by atoms with Gasteiger partial charge in [0.2, 0.25) is 0 Å². The van der Waals surface area contributed by atoms with Crippen LogP contribution in [-0.2, 0) is 9.53 Å². The van der Waals surface area contributed by atoms with Gasteiger partial charge in [-0.1, -0.05) is 109 Å². The third-order valence-electron chi connectivity index (χ3n) is 6.11. The summed E-state index contributed by atoms with van der Waals surface area (Å²) in [6.45, 7) is 14.0. The number of benzene rings is 2. The molecule has 0 N–H and O–H groups in total. The number of rotatable bonds is 8. The molecule has 28 heavy (non-hydrogen) atoms. The fourth-order valence-corrected chi connectivity index (χ4v) is 16.9. The summed E-state index contributed by atoms with van der Waals surface area (Å²) in [4.78, 5) is 12.9. The van der Waals surface area contributed by atoms with Gasteiger partial charge in [0.25, 0.3) is 0 Å². The van der Waals surface area contributed by atoms with Gasteiger partial charge in [0.15, 0.2) is 0 Å². The highest BCUT2D eigenvalue weighted by molar-refractivity contribution is 7.13. The quantitative estimate of drug-likeness (QED) is 0.347. The van der Waals surface area contributed by atoms with E-state index in [0.29, 0.717) is 13.0 Å². The van der Waals surface area contributed by atoms with E-state index in [1.807, 2.05) is 6.92 Å². The third-order valence-corrected chi connectivity index (χ3v) is 18.0. The highest BCUT2D eigenvalue weighted by atomic mass is 28.4. The lowest BCUT2D eigenvalue weighted by atomic mass is 10.2. The molecule has 0 heterocycles. The van der Waals surface area contributed by atoms with Gasteiger partial charge in [0, 0.05) is 0 Å². The van der Waals surface area contributed by atoms with Crippen LogP contribution < -0.4 is 10.4 Å². The molecule has 0 aromatic heterocycles. The molecule has 2 rings (SSSR count). The lowest BCUT2D eigenvalue weighted by Crippen LogP contribution is -2.70. The largest absolute Gasteiger partial charge is 0.466 e. The van der Waals surface area contributed by atoms with Gasteiger partial charge in [-0.05, 0) is 18.5 Å². The van der Waals surface area contributed by atoms with Crippen molar-refractivity contribution < 1.29 is 9.53 Å². The molecule has 4 heteroatoms. The van der Waals surface area contributed by atoms with Crippen molar-refractivity contribution in [3.8, 4) is 0 Å². The number of carbonyl (C=O) groups is 1. The van der Waals surface area contributed by atoms with Crippen molar-refractivity contribution in [2.24, 2.45) is 0 Å². The second-order valence-electron chi connectivity index (χ2n) is 8.56. The molecule has 0 aliphatic rings. The molecular weight excluding hydrogens is 376 g/mol. The number of ether oxygens (including phenoxy) is 1. The number of carbonyl (C=O) groups excluding carboxylic acids is 1. The van der Waals surface area contributed by atoms with E-state index in [9.17, 15) is 4.79 Å². The predicted molar refractivity (Wildman–Crippen MR) is 126 cm³/mol. The zero-order valence-electron chi connectivity index (χ0n) is 18.2. The van der Waals surface area contributed by atoms with Gasteiger partial charge in [-0.2, -0.15) is 0 Å². The summed E-state index contributed by atoms with van der Waals surface area (Å²) in [6, 6.07) is 21.6. The summed E-state index contributed by atoms with van der Waals surface area (Å²) in [5, 5.41) is 2.73. The first-order valence-corrected chi connectivity index (χ1v) is 16.1. The van der Waals surface area contributed by atoms with Crippen LogP contribution in [0.3, 0.4) is 0 Å². The minimum absolute atomic E-state index is 0.0892. The topological polar surface area (TPSA) is 26.3 Å². The second-order valence-corrected chi connectivity index (χ2v) is 18.7. The normalized spacial score (nSPS) is 14.6. The summed E-state index contributed by atoms with van der Waals surface area (Å²) < 4.78 is 5.27. The Bertz CT molecular complexity index is 755. The second kappa shape index (κ2) is 9.06. The van der Waals surface area contributed by atoms with Gasteiger partial charge in [-0.15, -0.1) is 0 Å². The van der Waals surface area contributed by atoms with Gasteiger partial charge < -0.3 is 4.74 Å². The number of esters is 1. The van der Waals surface area contributed by atoms with E-state index < -0.39 is 16.1 Å². The Morgan fingerprint density at radius 2 is 1.39 bits per heavy atom. The van der Waals surface area contributed by atoms with Crippen LogP contribution >= 0.6 is 0 Å². The third kappa shape index (κ3) is 4.08. The molecule has 0 radical (unpaired) electrons. The molecule has 0 fully saturated rings. The minimum Gasteiger partial charge on any atom is -0.466 e. The van der Waals surface area contributed by atoms with Crippen molar-refractivity contribution in [2.45, 2.75) is 51.1 Å². The monoisotopic (exact) mass is 410 g/mol. The molecule has 2 aromatic carbocycles. The molecule has 150 valence electrons. The Hall–Kier alpha value is -1.92. The molecule has 1 unspecified atom stereocenters. The summed E-state index contributed by atoms with van der Waals surface area (Å²) in [7, 11) is -4.23. The molecular formula is C24H34O2Si2. The lowest BCUT2D eigenvalue weighted by Gasteiger charge is -2.53. The van der Waals surface area contributed by atoms with E-state index in [1.165, 1.54) is 10.4 Å². The van der Waals surface area contributed by atoms with Crippen molar-refractivity contribution in [1.29, 1.82) is 0 Å². The number of allylic oxidation sites excluding steroid dienone is 2. The standard InChI is InChI=1S/C24H34O2Si2/c1-7-19-24(27(3,4)5,20-23(25)26-8-2)28(6,21-15-11-9-12-16-21)22-17-13-10-14-18-22/h7,9-19H,8,20H2,1-6H3/b19-7+. The van der Waals surface area contributed by atoms with Crippen molar-refractivity contribution in [1.82, 2.24) is 0 Å². The van der Waals surface area contributed by atoms with Crippen LogP contribution in [0.5, 0.6) is 0 Å². The molecule has 0 aliphatic carbocycles. The van der Waals surface area contributed by atoms with E-state index in [2.05, 4.69) is 106 Å². The highest BCUT2D eigenvalue weighted by Crippen LogP contribution is 2.51. The highest BCUT2D eigenvalue weighted by Gasteiger charge is 2.58. The van der Waals surface area contributed by atoms with Gasteiger partial charge in [-0.25, -0.2) is 0 Å². The smallest absolute Gasteiger partial charge is 0.306 e. The van der Waals surface area contributed by atoms with E-state index in [1.54, 1.807) is 0 Å². The summed E-state index contributed by atoms with van der Waals surface area (Å²) in [6.07, 6.45) is 4.93. The SMILES string of the molecule is C/C=C/C(CC(=O)OCC)([Si](C)(C)C)[Si](C)(c1ccccc1)c1ccccc1. The predicted octanol–water partition coefficient (Wildman–Crippen LogP) is 5.03. The van der Waals surface area contributed by atoms with Crippen LogP contribution in [0.1, 0.15) is 20.3 Å². The Morgan fingerprint density at radius 3 is 1.75 bits per heavy atom. The first kappa shape index (κ1) is 22.4. The molecule has 0 saturated heterocycles. The Balaban J connectivity index is 2.88. The summed E-state index contributed by atoms with van der Waals surface area (Å²) in [5.74, 6) is -0.0892. The van der Waals surface area contributed by atoms with Gasteiger partial charge in [0.05, 0.1) is 21.1 Å². The molecule has 1 atom stereocenters. The fourth-order valence-electron chi connectivity index (χ4n) is 4.62. The van der Waals surface area contributed by atoms with E-state index >= 15 is 0 Å². The molecule has 0 spiro atoms. The average molecular weight is 411 g/mol. The Labute approximate surface area is 172 Å². The molecule has 0 bridgehead atoms. The summed E-state index contributed by atoms with van der Waals surface area (Å²) in [5.41, 5.74) is 0. The van der Waals surface area contributed by atoms with Crippen molar-refractivity contribution in [2.75, 3.05) is 6.61 Å². The van der Waals surface area contributed by atoms with E-state index in [4.69, 9.17) is 4.74 Å². The molecule has 0 aliphatic heterocycles. The zero-order chi connectivity index (χ0) is 20.8. The maximum atomic E-state index is 12.9. The molecule has 0 saturated carbocycles. The van der Waals surface area contributed by atoms with Crippen LogP contribution in [0.15, 0.2) is 72.8 Å². The minimum atomic E-state index is -2.36. The molecule has 2 aromatic rings. The lowest BCUT2D eigenvalue weighted by molar-refractivity contribution is -0.143. The average Bonchev–Trinajstić information content (AvgIpc) is 2.67. The van der Waals surface area contributed by atoms with Gasteiger partial charge >= 0.3 is 5.97 Å². The molecule has 2 nitrogen and oxygen atoms in total. The van der Waals surface area contributed by atoms with Crippen molar-refractivity contribution in [3.05, 3.63) is 72.8 Å².